The second-order valence-electron chi connectivity index (χ2n) is 5.33. The van der Waals surface area contributed by atoms with Gasteiger partial charge in [-0.2, -0.15) is 0 Å². The van der Waals surface area contributed by atoms with Crippen molar-refractivity contribution in [3.63, 3.8) is 0 Å². The van der Waals surface area contributed by atoms with E-state index in [1.165, 1.54) is 0 Å². The van der Waals surface area contributed by atoms with E-state index in [2.05, 4.69) is 31.9 Å². The monoisotopic (exact) mass is 544 g/mol. The minimum Gasteiger partial charge on any atom is -0.483 e. The first-order valence-corrected chi connectivity index (χ1v) is 10.2. The fourth-order valence-electron chi connectivity index (χ4n) is 2.39. The lowest BCUT2D eigenvalue weighted by atomic mass is 10.2. The zero-order valence-electron chi connectivity index (χ0n) is 12.4. The largest absolute Gasteiger partial charge is 0.483 e. The Bertz CT molecular complexity index is 728. The van der Waals surface area contributed by atoms with Crippen LogP contribution in [0.15, 0.2) is 45.4 Å². The van der Waals surface area contributed by atoms with Crippen LogP contribution in [-0.4, -0.2) is 12.2 Å². The van der Waals surface area contributed by atoms with Crippen molar-refractivity contribution >= 4 is 78.3 Å². The molecule has 1 aliphatic rings. The van der Waals surface area contributed by atoms with Crippen molar-refractivity contribution in [1.82, 2.24) is 0 Å². The molecule has 3 rings (SSSR count). The summed E-state index contributed by atoms with van der Waals surface area (Å²) in [5.41, 5.74) is 0. The predicted octanol–water partition coefficient (Wildman–Crippen LogP) is 7.98. The number of halogens is 6. The Kier molecular flexibility index (Phi) is 6.51. The first kappa shape index (κ1) is 19.7. The van der Waals surface area contributed by atoms with Crippen LogP contribution in [0.1, 0.15) is 6.42 Å². The van der Waals surface area contributed by atoms with Crippen LogP contribution in [0, 0.1) is 0 Å². The summed E-state index contributed by atoms with van der Waals surface area (Å²) in [5, 5.41) is 1.96. The molecule has 0 heterocycles. The lowest BCUT2D eigenvalue weighted by molar-refractivity contribution is 0.179. The molecule has 0 amide bonds. The van der Waals surface area contributed by atoms with Gasteiger partial charge in [-0.25, -0.2) is 0 Å². The molecule has 0 aromatic heterocycles. The highest BCUT2D eigenvalue weighted by Crippen LogP contribution is 2.40. The van der Waals surface area contributed by atoms with Gasteiger partial charge in [-0.05, 0) is 68.3 Å². The van der Waals surface area contributed by atoms with Gasteiger partial charge in [0.2, 0.25) is 0 Å². The molecule has 8 heteroatoms. The third-order valence-corrected chi connectivity index (χ3v) is 5.65. The van der Waals surface area contributed by atoms with Crippen molar-refractivity contribution in [1.29, 1.82) is 0 Å². The molecule has 2 atom stereocenters. The summed E-state index contributed by atoms with van der Waals surface area (Å²) < 4.78 is 13.3. The fourth-order valence-corrected chi connectivity index (χ4v) is 5.07. The highest BCUT2D eigenvalue weighted by Gasteiger charge is 2.25. The molecule has 132 valence electrons. The highest BCUT2D eigenvalue weighted by atomic mass is 79.9. The average Bonchev–Trinajstić information content (AvgIpc) is 2.94. The van der Waals surface area contributed by atoms with Crippen molar-refractivity contribution < 1.29 is 9.47 Å². The van der Waals surface area contributed by atoms with E-state index in [1.807, 2.05) is 12.2 Å². The SMILES string of the molecule is Clc1cc(Cl)c(O[C@@H]2C=C[C@H](Oc3c(Cl)cc(Cl)cc3Br)C2)c(Br)c1. The van der Waals surface area contributed by atoms with Crippen molar-refractivity contribution in [3.8, 4) is 11.5 Å². The number of ether oxygens (including phenoxy) is 2. The molecule has 0 fully saturated rings. The van der Waals surface area contributed by atoms with Crippen LogP contribution < -0.4 is 9.47 Å². The average molecular weight is 548 g/mol. The van der Waals surface area contributed by atoms with E-state index in [1.54, 1.807) is 24.3 Å². The summed E-state index contributed by atoms with van der Waals surface area (Å²) in [6.45, 7) is 0. The molecular formula is C17H10Br2Cl4O2. The van der Waals surface area contributed by atoms with E-state index in [0.717, 1.165) is 0 Å². The van der Waals surface area contributed by atoms with Crippen LogP contribution in [0.4, 0.5) is 0 Å². The third-order valence-electron chi connectivity index (χ3n) is 3.47. The van der Waals surface area contributed by atoms with E-state index < -0.39 is 0 Å². The zero-order chi connectivity index (χ0) is 18.1. The molecule has 0 saturated carbocycles. The van der Waals surface area contributed by atoms with Gasteiger partial charge < -0.3 is 9.47 Å². The molecule has 0 saturated heterocycles. The minimum absolute atomic E-state index is 0.176. The van der Waals surface area contributed by atoms with Crippen LogP contribution in [0.2, 0.25) is 20.1 Å². The molecule has 25 heavy (non-hydrogen) atoms. The number of hydrogen-bond donors (Lipinski definition) is 0. The Morgan fingerprint density at radius 2 is 1.12 bits per heavy atom. The first-order chi connectivity index (χ1) is 11.8. The number of hydrogen-bond acceptors (Lipinski definition) is 2. The molecule has 1 aliphatic carbocycles. The maximum Gasteiger partial charge on any atom is 0.153 e. The van der Waals surface area contributed by atoms with Crippen molar-refractivity contribution in [2.24, 2.45) is 0 Å². The zero-order valence-corrected chi connectivity index (χ0v) is 18.6. The Morgan fingerprint density at radius 1 is 0.720 bits per heavy atom. The van der Waals surface area contributed by atoms with Gasteiger partial charge in [-0.1, -0.05) is 46.4 Å². The quantitative estimate of drug-likeness (QED) is 0.361. The molecule has 0 radical (unpaired) electrons. The Hall–Kier alpha value is -0.100. The van der Waals surface area contributed by atoms with Crippen LogP contribution in [0.3, 0.4) is 0 Å². The number of rotatable bonds is 4. The Morgan fingerprint density at radius 3 is 1.48 bits per heavy atom. The molecule has 2 aromatic rings. The Balaban J connectivity index is 1.69. The second-order valence-corrected chi connectivity index (χ2v) is 8.73. The van der Waals surface area contributed by atoms with E-state index in [-0.39, 0.29) is 12.2 Å². The van der Waals surface area contributed by atoms with Gasteiger partial charge in [-0.15, -0.1) is 0 Å². The molecular weight excluding hydrogens is 538 g/mol. The van der Waals surface area contributed by atoms with E-state index >= 15 is 0 Å². The molecule has 0 aliphatic heterocycles. The third kappa shape index (κ3) is 4.79. The van der Waals surface area contributed by atoms with Gasteiger partial charge in [0, 0.05) is 16.5 Å². The van der Waals surface area contributed by atoms with E-state index in [4.69, 9.17) is 55.9 Å². The maximum atomic E-state index is 6.20. The molecule has 0 bridgehead atoms. The maximum absolute atomic E-state index is 6.20. The summed E-state index contributed by atoms with van der Waals surface area (Å²) >= 11 is 31.2. The lowest BCUT2D eigenvalue weighted by Crippen LogP contribution is -2.19. The van der Waals surface area contributed by atoms with E-state index in [0.29, 0.717) is 47.0 Å². The molecule has 0 spiro atoms. The van der Waals surface area contributed by atoms with Crippen molar-refractivity contribution in [2.75, 3.05) is 0 Å². The van der Waals surface area contributed by atoms with Crippen LogP contribution in [0.5, 0.6) is 11.5 Å². The smallest absolute Gasteiger partial charge is 0.153 e. The predicted molar refractivity (Wildman–Crippen MR) is 111 cm³/mol. The van der Waals surface area contributed by atoms with Gasteiger partial charge in [0.05, 0.1) is 19.0 Å². The lowest BCUT2D eigenvalue weighted by Gasteiger charge is -2.19. The number of benzene rings is 2. The van der Waals surface area contributed by atoms with Crippen LogP contribution in [-0.2, 0) is 0 Å². The van der Waals surface area contributed by atoms with Crippen LogP contribution in [0.25, 0.3) is 0 Å². The fraction of sp³-hybridized carbons (Fsp3) is 0.176. The second kappa shape index (κ2) is 8.28. The molecule has 0 N–H and O–H groups in total. The van der Waals surface area contributed by atoms with Crippen molar-refractivity contribution in [2.45, 2.75) is 18.6 Å². The molecule has 2 nitrogen and oxygen atoms in total. The van der Waals surface area contributed by atoms with Gasteiger partial charge in [0.25, 0.3) is 0 Å². The topological polar surface area (TPSA) is 18.5 Å². The summed E-state index contributed by atoms with van der Waals surface area (Å²) in [5.74, 6) is 1.10. The normalized spacial score (nSPS) is 19.3. The summed E-state index contributed by atoms with van der Waals surface area (Å²) in [6, 6.07) is 6.75. The Labute approximate surface area is 182 Å². The molecule has 0 unspecified atom stereocenters. The minimum atomic E-state index is -0.176. The van der Waals surface area contributed by atoms with Gasteiger partial charge in [0.15, 0.2) is 11.5 Å². The van der Waals surface area contributed by atoms with Gasteiger partial charge >= 0.3 is 0 Å². The summed E-state index contributed by atoms with van der Waals surface area (Å²) in [7, 11) is 0. The summed E-state index contributed by atoms with van der Waals surface area (Å²) in [4.78, 5) is 0. The first-order valence-electron chi connectivity index (χ1n) is 7.14. The van der Waals surface area contributed by atoms with Gasteiger partial charge in [0.1, 0.15) is 12.2 Å². The standard InChI is InChI=1S/C17H10Br2Cl4O2/c18-12-3-8(20)5-14(22)16(12)24-10-1-2-11(7-10)25-17-13(19)4-9(21)6-15(17)23/h1-6,10-11H,7H2/t10-,11+. The highest BCUT2D eigenvalue weighted by molar-refractivity contribution is 9.11. The van der Waals surface area contributed by atoms with Crippen LogP contribution >= 0.6 is 78.3 Å². The van der Waals surface area contributed by atoms with Crippen molar-refractivity contribution in [3.05, 3.63) is 65.5 Å². The van der Waals surface area contributed by atoms with Gasteiger partial charge in [-0.3, -0.25) is 0 Å². The molecule has 2 aromatic carbocycles. The van der Waals surface area contributed by atoms with E-state index in [9.17, 15) is 0 Å². The summed E-state index contributed by atoms with van der Waals surface area (Å²) in [6.07, 6.45) is 4.13.